The van der Waals surface area contributed by atoms with Crippen molar-refractivity contribution in [3.63, 3.8) is 0 Å². The van der Waals surface area contributed by atoms with Crippen LogP contribution in [0.25, 0.3) is 0 Å². The van der Waals surface area contributed by atoms with Gasteiger partial charge >= 0.3 is 5.97 Å². The molecule has 7 heteroatoms. The van der Waals surface area contributed by atoms with E-state index in [0.717, 1.165) is 0 Å². The van der Waals surface area contributed by atoms with E-state index in [1.54, 1.807) is 6.07 Å². The summed E-state index contributed by atoms with van der Waals surface area (Å²) in [6.07, 6.45) is 0. The maximum Gasteiger partial charge on any atom is 0.335 e. The average molecular weight is 415 g/mol. The van der Waals surface area contributed by atoms with Gasteiger partial charge in [-0.2, -0.15) is 0 Å². The number of phenolic OH excluding ortho intramolecular Hbond substituents is 1. The van der Waals surface area contributed by atoms with Crippen molar-refractivity contribution in [3.05, 3.63) is 56.5 Å². The number of phenols is 1. The van der Waals surface area contributed by atoms with Gasteiger partial charge in [-0.25, -0.2) is 4.79 Å². The fourth-order valence-corrected chi connectivity index (χ4v) is 2.86. The Balaban J connectivity index is 2.24. The molecule has 0 heterocycles. The van der Waals surface area contributed by atoms with Crippen molar-refractivity contribution in [2.75, 3.05) is 5.32 Å². The third kappa shape index (κ3) is 3.62. The number of anilines is 1. The first-order valence-electron chi connectivity index (χ1n) is 5.71. The molecule has 108 valence electrons. The highest BCUT2D eigenvalue weighted by atomic mass is 79.9. The monoisotopic (exact) mass is 413 g/mol. The van der Waals surface area contributed by atoms with Gasteiger partial charge in [0.1, 0.15) is 5.75 Å². The number of nitrogens with one attached hydrogen (secondary N) is 1. The standard InChI is InChI=1S/C14H9Br2NO4/c15-8-5-10(12(18)11(16)6-8)13(19)17-9-3-1-7(2-4-9)14(20)21/h1-6,18H,(H,17,19)(H,20,21). The molecule has 5 nitrogen and oxygen atoms in total. The van der Waals surface area contributed by atoms with Gasteiger partial charge in [0.15, 0.2) is 0 Å². The SMILES string of the molecule is O=C(O)c1ccc(NC(=O)c2cc(Br)cc(Br)c2O)cc1. The van der Waals surface area contributed by atoms with Gasteiger partial charge in [-0.1, -0.05) is 15.9 Å². The molecular formula is C14H9Br2NO4. The number of aromatic hydroxyl groups is 1. The van der Waals surface area contributed by atoms with Gasteiger partial charge in [-0.15, -0.1) is 0 Å². The number of hydrogen-bond acceptors (Lipinski definition) is 3. The van der Waals surface area contributed by atoms with Gasteiger partial charge < -0.3 is 15.5 Å². The van der Waals surface area contributed by atoms with Gasteiger partial charge in [0.05, 0.1) is 15.6 Å². The molecule has 2 rings (SSSR count). The zero-order chi connectivity index (χ0) is 15.6. The van der Waals surface area contributed by atoms with Crippen LogP contribution in [0.2, 0.25) is 0 Å². The highest BCUT2D eigenvalue weighted by Crippen LogP contribution is 2.32. The predicted octanol–water partition coefficient (Wildman–Crippen LogP) is 3.87. The topological polar surface area (TPSA) is 86.6 Å². The number of benzene rings is 2. The van der Waals surface area contributed by atoms with Crippen molar-refractivity contribution in [3.8, 4) is 5.75 Å². The Morgan fingerprint density at radius 2 is 1.67 bits per heavy atom. The molecule has 2 aromatic carbocycles. The van der Waals surface area contributed by atoms with Crippen molar-refractivity contribution in [1.82, 2.24) is 0 Å². The van der Waals surface area contributed by atoms with E-state index in [2.05, 4.69) is 37.2 Å². The van der Waals surface area contributed by atoms with E-state index in [4.69, 9.17) is 5.11 Å². The van der Waals surface area contributed by atoms with Crippen LogP contribution in [0.1, 0.15) is 20.7 Å². The molecule has 0 spiro atoms. The molecule has 0 aliphatic carbocycles. The first-order chi connectivity index (χ1) is 9.88. The molecule has 0 fully saturated rings. The Morgan fingerprint density at radius 1 is 1.05 bits per heavy atom. The van der Waals surface area contributed by atoms with Crippen LogP contribution < -0.4 is 5.32 Å². The molecular weight excluding hydrogens is 406 g/mol. The summed E-state index contributed by atoms with van der Waals surface area (Å²) in [4.78, 5) is 22.9. The van der Waals surface area contributed by atoms with Crippen LogP contribution in [-0.4, -0.2) is 22.1 Å². The van der Waals surface area contributed by atoms with Crippen molar-refractivity contribution in [2.24, 2.45) is 0 Å². The van der Waals surface area contributed by atoms with Crippen molar-refractivity contribution in [1.29, 1.82) is 0 Å². The van der Waals surface area contributed by atoms with Crippen LogP contribution in [0, 0.1) is 0 Å². The molecule has 0 bridgehead atoms. The van der Waals surface area contributed by atoms with Crippen molar-refractivity contribution >= 4 is 49.4 Å². The molecule has 0 aliphatic rings. The molecule has 0 aromatic heterocycles. The maximum absolute atomic E-state index is 12.1. The lowest BCUT2D eigenvalue weighted by Gasteiger charge is -2.09. The quantitative estimate of drug-likeness (QED) is 0.711. The van der Waals surface area contributed by atoms with E-state index in [1.807, 2.05) is 0 Å². The smallest absolute Gasteiger partial charge is 0.335 e. The summed E-state index contributed by atoms with van der Waals surface area (Å²) >= 11 is 6.39. The van der Waals surface area contributed by atoms with E-state index in [-0.39, 0.29) is 16.9 Å². The predicted molar refractivity (Wildman–Crippen MR) is 84.9 cm³/mol. The lowest BCUT2D eigenvalue weighted by atomic mass is 10.1. The number of carbonyl (C=O) groups excluding carboxylic acids is 1. The second kappa shape index (κ2) is 6.28. The van der Waals surface area contributed by atoms with Crippen molar-refractivity contribution in [2.45, 2.75) is 0 Å². The Kier molecular flexibility index (Phi) is 4.64. The second-order valence-electron chi connectivity index (χ2n) is 4.12. The van der Waals surface area contributed by atoms with Gasteiger partial charge in [0.2, 0.25) is 0 Å². The number of aromatic carboxylic acids is 1. The van der Waals surface area contributed by atoms with Crippen LogP contribution in [0.5, 0.6) is 5.75 Å². The number of carboxylic acid groups (broad SMARTS) is 1. The molecule has 0 unspecified atom stereocenters. The van der Waals surface area contributed by atoms with E-state index in [1.165, 1.54) is 30.3 Å². The molecule has 0 saturated carbocycles. The van der Waals surface area contributed by atoms with Crippen LogP contribution >= 0.6 is 31.9 Å². The van der Waals surface area contributed by atoms with E-state index < -0.39 is 11.9 Å². The Labute approximate surface area is 136 Å². The third-order valence-corrected chi connectivity index (χ3v) is 3.72. The third-order valence-electron chi connectivity index (χ3n) is 2.66. The van der Waals surface area contributed by atoms with Crippen LogP contribution in [0.3, 0.4) is 0 Å². The first kappa shape index (κ1) is 15.5. The summed E-state index contributed by atoms with van der Waals surface area (Å²) in [5.41, 5.74) is 0.653. The molecule has 3 N–H and O–H groups in total. The molecule has 2 aromatic rings. The first-order valence-corrected chi connectivity index (χ1v) is 7.30. The summed E-state index contributed by atoms with van der Waals surface area (Å²) in [5, 5.41) is 21.3. The van der Waals surface area contributed by atoms with Gasteiger partial charge in [-0.3, -0.25) is 4.79 Å². The molecule has 0 radical (unpaired) electrons. The van der Waals surface area contributed by atoms with E-state index in [0.29, 0.717) is 14.6 Å². The number of hydrogen-bond donors (Lipinski definition) is 3. The number of carboxylic acids is 1. The molecule has 21 heavy (non-hydrogen) atoms. The molecule has 0 saturated heterocycles. The highest BCUT2D eigenvalue weighted by molar-refractivity contribution is 9.11. The largest absolute Gasteiger partial charge is 0.506 e. The minimum Gasteiger partial charge on any atom is -0.506 e. The number of rotatable bonds is 3. The minimum atomic E-state index is -1.04. The maximum atomic E-state index is 12.1. The van der Waals surface area contributed by atoms with E-state index >= 15 is 0 Å². The van der Waals surface area contributed by atoms with Crippen LogP contribution in [0.15, 0.2) is 45.3 Å². The van der Waals surface area contributed by atoms with Crippen LogP contribution in [-0.2, 0) is 0 Å². The summed E-state index contributed by atoms with van der Waals surface area (Å²) in [5.74, 6) is -1.71. The second-order valence-corrected chi connectivity index (χ2v) is 5.89. The van der Waals surface area contributed by atoms with Gasteiger partial charge in [0.25, 0.3) is 5.91 Å². The van der Waals surface area contributed by atoms with Crippen molar-refractivity contribution < 1.29 is 19.8 Å². The summed E-state index contributed by atoms with van der Waals surface area (Å²) in [6, 6.07) is 8.83. The van der Waals surface area contributed by atoms with Gasteiger partial charge in [-0.05, 0) is 52.3 Å². The van der Waals surface area contributed by atoms with Gasteiger partial charge in [0, 0.05) is 10.2 Å². The fraction of sp³-hybridized carbons (Fsp3) is 0. The Hall–Kier alpha value is -1.86. The number of amides is 1. The highest BCUT2D eigenvalue weighted by Gasteiger charge is 2.15. The van der Waals surface area contributed by atoms with E-state index in [9.17, 15) is 14.7 Å². The lowest BCUT2D eigenvalue weighted by molar-refractivity contribution is 0.0696. The number of carbonyl (C=O) groups is 2. The molecule has 0 atom stereocenters. The zero-order valence-electron chi connectivity index (χ0n) is 10.4. The zero-order valence-corrected chi connectivity index (χ0v) is 13.6. The minimum absolute atomic E-state index is 0.0959. The molecule has 1 amide bonds. The lowest BCUT2D eigenvalue weighted by Crippen LogP contribution is -2.12. The normalized spacial score (nSPS) is 10.2. The Morgan fingerprint density at radius 3 is 2.24 bits per heavy atom. The fourth-order valence-electron chi connectivity index (χ4n) is 1.63. The summed E-state index contributed by atoms with van der Waals surface area (Å²) in [6.45, 7) is 0. The summed E-state index contributed by atoms with van der Waals surface area (Å²) < 4.78 is 1.03. The Bertz CT molecular complexity index is 714. The average Bonchev–Trinajstić information content (AvgIpc) is 2.43. The number of halogens is 2. The van der Waals surface area contributed by atoms with Crippen LogP contribution in [0.4, 0.5) is 5.69 Å². The summed E-state index contributed by atoms with van der Waals surface area (Å²) in [7, 11) is 0. The molecule has 0 aliphatic heterocycles.